The number of thiazole rings is 1. The van der Waals surface area contributed by atoms with E-state index in [1.165, 1.54) is 0 Å². The normalized spacial score (nSPS) is 12.7. The number of carbonyl (C=O) groups excluding carboxylic acids is 1. The van der Waals surface area contributed by atoms with Gasteiger partial charge >= 0.3 is 0 Å². The highest BCUT2D eigenvalue weighted by Gasteiger charge is 2.24. The van der Waals surface area contributed by atoms with Gasteiger partial charge in [-0.3, -0.25) is 9.48 Å². The van der Waals surface area contributed by atoms with E-state index in [4.69, 9.17) is 0 Å². The Kier molecular flexibility index (Phi) is 5.01. The van der Waals surface area contributed by atoms with Crippen molar-refractivity contribution in [2.24, 2.45) is 0 Å². The van der Waals surface area contributed by atoms with Crippen LogP contribution in [0, 0.1) is 6.92 Å². The summed E-state index contributed by atoms with van der Waals surface area (Å²) in [6, 6.07) is 0.00229. The molecular formula is C16H24N4OS. The summed E-state index contributed by atoms with van der Waals surface area (Å²) in [6.07, 6.45) is 3.43. The Morgan fingerprint density at radius 3 is 2.59 bits per heavy atom. The molecule has 0 spiro atoms. The summed E-state index contributed by atoms with van der Waals surface area (Å²) in [5, 5.41) is 5.30. The molecule has 2 aromatic heterocycles. The molecule has 120 valence electrons. The van der Waals surface area contributed by atoms with Gasteiger partial charge in [0, 0.05) is 30.6 Å². The lowest BCUT2D eigenvalue weighted by atomic mass is 10.2. The predicted molar refractivity (Wildman–Crippen MR) is 89.3 cm³/mol. The van der Waals surface area contributed by atoms with Crippen LogP contribution in [0.3, 0.4) is 0 Å². The molecule has 0 N–H and O–H groups in total. The van der Waals surface area contributed by atoms with Crippen LogP contribution in [-0.4, -0.2) is 32.6 Å². The summed E-state index contributed by atoms with van der Waals surface area (Å²) in [5.41, 5.74) is 1.65. The van der Waals surface area contributed by atoms with Crippen LogP contribution in [-0.2, 0) is 6.54 Å². The Balaban J connectivity index is 2.21. The third-order valence-corrected chi connectivity index (χ3v) is 5.46. The van der Waals surface area contributed by atoms with E-state index in [9.17, 15) is 4.79 Å². The van der Waals surface area contributed by atoms with Crippen molar-refractivity contribution in [1.29, 1.82) is 0 Å². The summed E-state index contributed by atoms with van der Waals surface area (Å²) in [6.45, 7) is 11.1. The van der Waals surface area contributed by atoms with Gasteiger partial charge in [0.1, 0.15) is 0 Å². The molecule has 0 aromatic carbocycles. The van der Waals surface area contributed by atoms with Crippen LogP contribution < -0.4 is 0 Å². The zero-order valence-electron chi connectivity index (χ0n) is 14.1. The van der Waals surface area contributed by atoms with Gasteiger partial charge in [0.15, 0.2) is 0 Å². The standard InChI is InChI=1S/C16H24N4OS/c1-7-20-9-13(8-17-20)16(21)19(6)12(5)14-11(4)18-15(22-14)10(2)3/h8-10,12H,7H2,1-6H3. The lowest BCUT2D eigenvalue weighted by molar-refractivity contribution is 0.0744. The molecule has 2 heterocycles. The zero-order valence-corrected chi connectivity index (χ0v) is 14.9. The van der Waals surface area contributed by atoms with E-state index in [1.54, 1.807) is 33.3 Å². The first-order valence-corrected chi connectivity index (χ1v) is 8.43. The van der Waals surface area contributed by atoms with Crippen molar-refractivity contribution in [3.05, 3.63) is 33.5 Å². The van der Waals surface area contributed by atoms with E-state index < -0.39 is 0 Å². The van der Waals surface area contributed by atoms with Crippen molar-refractivity contribution < 1.29 is 4.79 Å². The van der Waals surface area contributed by atoms with E-state index >= 15 is 0 Å². The van der Waals surface area contributed by atoms with Crippen molar-refractivity contribution in [3.63, 3.8) is 0 Å². The minimum atomic E-state index is -0.00824. The average molecular weight is 320 g/mol. The first kappa shape index (κ1) is 16.7. The molecule has 1 amide bonds. The number of hydrogen-bond donors (Lipinski definition) is 0. The number of nitrogens with zero attached hydrogens (tertiary/aromatic N) is 4. The number of amides is 1. The van der Waals surface area contributed by atoms with Gasteiger partial charge < -0.3 is 4.90 Å². The molecule has 0 aliphatic heterocycles. The molecule has 5 nitrogen and oxygen atoms in total. The maximum absolute atomic E-state index is 12.6. The molecule has 0 fully saturated rings. The fraction of sp³-hybridized carbons (Fsp3) is 0.562. The zero-order chi connectivity index (χ0) is 16.4. The maximum atomic E-state index is 12.6. The second-order valence-electron chi connectivity index (χ2n) is 5.83. The molecule has 1 unspecified atom stereocenters. The molecule has 22 heavy (non-hydrogen) atoms. The van der Waals surface area contributed by atoms with Crippen LogP contribution in [0.5, 0.6) is 0 Å². The van der Waals surface area contributed by atoms with Gasteiger partial charge in [-0.15, -0.1) is 11.3 Å². The summed E-state index contributed by atoms with van der Waals surface area (Å²) < 4.78 is 1.76. The first-order valence-electron chi connectivity index (χ1n) is 7.62. The quantitative estimate of drug-likeness (QED) is 0.845. The molecular weight excluding hydrogens is 296 g/mol. The Morgan fingerprint density at radius 2 is 2.09 bits per heavy atom. The summed E-state index contributed by atoms with van der Waals surface area (Å²) in [4.78, 5) is 20.1. The van der Waals surface area contributed by atoms with E-state index in [0.717, 1.165) is 22.1 Å². The van der Waals surface area contributed by atoms with Gasteiger partial charge in [0.25, 0.3) is 5.91 Å². The number of aryl methyl sites for hydroxylation is 2. The van der Waals surface area contributed by atoms with E-state index in [0.29, 0.717) is 11.5 Å². The number of rotatable bonds is 5. The van der Waals surface area contributed by atoms with Crippen molar-refractivity contribution >= 4 is 17.2 Å². The fourth-order valence-electron chi connectivity index (χ4n) is 2.27. The monoisotopic (exact) mass is 320 g/mol. The van der Waals surface area contributed by atoms with Crippen LogP contribution in [0.2, 0.25) is 0 Å². The number of hydrogen-bond acceptors (Lipinski definition) is 4. The van der Waals surface area contributed by atoms with Crippen LogP contribution in [0.4, 0.5) is 0 Å². The molecule has 0 aliphatic rings. The predicted octanol–water partition coefficient (Wildman–Crippen LogP) is 3.62. The Bertz CT molecular complexity index is 659. The second-order valence-corrected chi connectivity index (χ2v) is 6.90. The van der Waals surface area contributed by atoms with Gasteiger partial charge in [-0.1, -0.05) is 13.8 Å². The summed E-state index contributed by atoms with van der Waals surface area (Å²) >= 11 is 1.70. The molecule has 1 atom stereocenters. The Morgan fingerprint density at radius 1 is 1.41 bits per heavy atom. The van der Waals surface area contributed by atoms with Crippen LogP contribution in [0.1, 0.15) is 65.6 Å². The molecule has 2 rings (SSSR count). The van der Waals surface area contributed by atoms with Crippen LogP contribution in [0.25, 0.3) is 0 Å². The van der Waals surface area contributed by atoms with Gasteiger partial charge in [-0.25, -0.2) is 4.98 Å². The van der Waals surface area contributed by atoms with Crippen molar-refractivity contribution in [2.75, 3.05) is 7.05 Å². The Hall–Kier alpha value is -1.69. The Labute approximate surface area is 136 Å². The highest BCUT2D eigenvalue weighted by Crippen LogP contribution is 2.32. The largest absolute Gasteiger partial charge is 0.334 e. The fourth-order valence-corrected chi connectivity index (χ4v) is 3.43. The second kappa shape index (κ2) is 6.60. The van der Waals surface area contributed by atoms with E-state index in [2.05, 4.69) is 23.9 Å². The summed E-state index contributed by atoms with van der Waals surface area (Å²) in [7, 11) is 1.84. The maximum Gasteiger partial charge on any atom is 0.257 e. The molecule has 2 aromatic rings. The van der Waals surface area contributed by atoms with Crippen LogP contribution >= 0.6 is 11.3 Å². The minimum absolute atomic E-state index is 0.00229. The molecule has 0 saturated carbocycles. The third kappa shape index (κ3) is 3.21. The van der Waals surface area contributed by atoms with Gasteiger partial charge in [0.2, 0.25) is 0 Å². The smallest absolute Gasteiger partial charge is 0.257 e. The first-order chi connectivity index (χ1) is 10.3. The molecule has 0 bridgehead atoms. The van der Waals surface area contributed by atoms with Gasteiger partial charge in [-0.05, 0) is 20.8 Å². The minimum Gasteiger partial charge on any atom is -0.334 e. The molecule has 0 saturated heterocycles. The van der Waals surface area contributed by atoms with Gasteiger partial charge in [0.05, 0.1) is 28.5 Å². The topological polar surface area (TPSA) is 51.0 Å². The lowest BCUT2D eigenvalue weighted by Crippen LogP contribution is -2.29. The average Bonchev–Trinajstić information content (AvgIpc) is 3.11. The SMILES string of the molecule is CCn1cc(C(=O)N(C)C(C)c2sc(C(C)C)nc2C)cn1. The lowest BCUT2D eigenvalue weighted by Gasteiger charge is -2.24. The highest BCUT2D eigenvalue weighted by molar-refractivity contribution is 7.11. The van der Waals surface area contributed by atoms with E-state index in [-0.39, 0.29) is 11.9 Å². The summed E-state index contributed by atoms with van der Waals surface area (Å²) in [5.74, 6) is 0.402. The molecule has 6 heteroatoms. The highest BCUT2D eigenvalue weighted by atomic mass is 32.1. The van der Waals surface area contributed by atoms with Crippen LogP contribution in [0.15, 0.2) is 12.4 Å². The molecule has 0 radical (unpaired) electrons. The third-order valence-electron chi connectivity index (χ3n) is 3.83. The van der Waals surface area contributed by atoms with Crippen molar-refractivity contribution in [3.8, 4) is 0 Å². The van der Waals surface area contributed by atoms with Gasteiger partial charge in [-0.2, -0.15) is 5.10 Å². The van der Waals surface area contributed by atoms with Crippen molar-refractivity contribution in [1.82, 2.24) is 19.7 Å². The van der Waals surface area contributed by atoms with E-state index in [1.807, 2.05) is 27.8 Å². The number of carbonyl (C=O) groups is 1. The van der Waals surface area contributed by atoms with Crippen molar-refractivity contribution in [2.45, 2.75) is 53.1 Å². The number of aromatic nitrogens is 3. The molecule has 0 aliphatic carbocycles.